The van der Waals surface area contributed by atoms with E-state index in [0.29, 0.717) is 19.8 Å². The van der Waals surface area contributed by atoms with Crippen LogP contribution in [-0.4, -0.2) is 32.0 Å². The number of phosphoric acid groups is 1. The van der Waals surface area contributed by atoms with Crippen molar-refractivity contribution < 1.29 is 23.2 Å². The molecule has 0 aliphatic rings. The zero-order valence-corrected chi connectivity index (χ0v) is 13.8. The van der Waals surface area contributed by atoms with Gasteiger partial charge < -0.3 is 5.11 Å². The molecule has 0 rings (SSSR count). The van der Waals surface area contributed by atoms with E-state index in [9.17, 15) is 4.57 Å². The topological polar surface area (TPSA) is 65.0 Å². The molecule has 6 heteroatoms. The van der Waals surface area contributed by atoms with Crippen LogP contribution in [0.2, 0.25) is 0 Å². The number of phosphoric ester groups is 1. The maximum atomic E-state index is 12.2. The summed E-state index contributed by atoms with van der Waals surface area (Å²) in [6, 6.07) is 0. The number of rotatable bonds is 12. The van der Waals surface area contributed by atoms with Gasteiger partial charge in [-0.25, -0.2) is 4.57 Å². The molecule has 0 saturated heterocycles. The van der Waals surface area contributed by atoms with E-state index in [1.54, 1.807) is 0 Å². The lowest BCUT2D eigenvalue weighted by Crippen LogP contribution is -2.03. The van der Waals surface area contributed by atoms with Crippen LogP contribution in [0.4, 0.5) is 0 Å². The van der Waals surface area contributed by atoms with Crippen LogP contribution in [0.1, 0.15) is 59.3 Å². The van der Waals surface area contributed by atoms with Gasteiger partial charge in [-0.3, -0.25) is 13.6 Å². The number of hydrogen-bond acceptors (Lipinski definition) is 5. The van der Waals surface area contributed by atoms with Crippen molar-refractivity contribution in [2.75, 3.05) is 26.9 Å². The minimum atomic E-state index is -3.31. The molecule has 0 unspecified atom stereocenters. The van der Waals surface area contributed by atoms with E-state index in [1.807, 2.05) is 0 Å². The van der Waals surface area contributed by atoms with E-state index in [0.717, 1.165) is 45.6 Å². The molecule has 0 atom stereocenters. The quantitative estimate of drug-likeness (QED) is 0.433. The standard InChI is InChI=1S/C12H27O4P.CH4O/c1-4-7-10-14-17(13,15-11-8-5-2)16-12-9-6-3;1-2/h4-12H2,1-3H3;2H,1H3. The van der Waals surface area contributed by atoms with Crippen LogP contribution >= 0.6 is 7.82 Å². The summed E-state index contributed by atoms with van der Waals surface area (Å²) in [5.74, 6) is 0. The predicted molar refractivity (Wildman–Crippen MR) is 78.3 cm³/mol. The van der Waals surface area contributed by atoms with Gasteiger partial charge >= 0.3 is 7.82 Å². The first-order valence-corrected chi connectivity index (χ1v) is 8.63. The highest BCUT2D eigenvalue weighted by Crippen LogP contribution is 2.49. The molecule has 0 spiro atoms. The first-order valence-electron chi connectivity index (χ1n) is 7.16. The van der Waals surface area contributed by atoms with E-state index < -0.39 is 7.82 Å². The molecule has 0 aromatic carbocycles. The van der Waals surface area contributed by atoms with Crippen molar-refractivity contribution in [1.29, 1.82) is 0 Å². The Hall–Kier alpha value is 0.0700. The van der Waals surface area contributed by atoms with Crippen molar-refractivity contribution in [3.63, 3.8) is 0 Å². The Morgan fingerprint density at radius 3 is 1.21 bits per heavy atom. The first-order chi connectivity index (χ1) is 9.18. The average Bonchev–Trinajstić information content (AvgIpc) is 2.42. The molecule has 0 amide bonds. The molecule has 1 N–H and O–H groups in total. The van der Waals surface area contributed by atoms with Gasteiger partial charge in [0, 0.05) is 7.11 Å². The summed E-state index contributed by atoms with van der Waals surface area (Å²) in [4.78, 5) is 0. The molecule has 0 aromatic rings. The van der Waals surface area contributed by atoms with Crippen LogP contribution in [-0.2, 0) is 18.1 Å². The van der Waals surface area contributed by atoms with Crippen molar-refractivity contribution in [3.8, 4) is 0 Å². The van der Waals surface area contributed by atoms with Gasteiger partial charge in [-0.05, 0) is 19.3 Å². The maximum absolute atomic E-state index is 12.2. The number of unbranched alkanes of at least 4 members (excludes halogenated alkanes) is 3. The van der Waals surface area contributed by atoms with E-state index in [1.165, 1.54) is 0 Å². The lowest BCUT2D eigenvalue weighted by Gasteiger charge is -2.17. The molecule has 0 saturated carbocycles. The highest BCUT2D eigenvalue weighted by atomic mass is 31.2. The Balaban J connectivity index is 0. The summed E-state index contributed by atoms with van der Waals surface area (Å²) in [5.41, 5.74) is 0. The van der Waals surface area contributed by atoms with Crippen LogP contribution in [0.25, 0.3) is 0 Å². The van der Waals surface area contributed by atoms with Gasteiger partial charge in [0.05, 0.1) is 19.8 Å². The zero-order chi connectivity index (χ0) is 15.0. The molecule has 0 radical (unpaired) electrons. The molecule has 118 valence electrons. The smallest absolute Gasteiger partial charge is 0.400 e. The minimum absolute atomic E-state index is 0.437. The third kappa shape index (κ3) is 14.3. The van der Waals surface area contributed by atoms with Gasteiger partial charge in [0.15, 0.2) is 0 Å². The number of aliphatic hydroxyl groups excluding tert-OH is 1. The fraction of sp³-hybridized carbons (Fsp3) is 1.00. The van der Waals surface area contributed by atoms with E-state index >= 15 is 0 Å². The van der Waals surface area contributed by atoms with Gasteiger partial charge in [0.25, 0.3) is 0 Å². The molecule has 0 aliphatic carbocycles. The van der Waals surface area contributed by atoms with Crippen molar-refractivity contribution in [2.45, 2.75) is 59.3 Å². The monoisotopic (exact) mass is 298 g/mol. The third-order valence-electron chi connectivity index (χ3n) is 2.24. The van der Waals surface area contributed by atoms with E-state index in [4.69, 9.17) is 18.7 Å². The lowest BCUT2D eigenvalue weighted by atomic mass is 10.4. The van der Waals surface area contributed by atoms with Crippen LogP contribution in [0, 0.1) is 0 Å². The summed E-state index contributed by atoms with van der Waals surface area (Å²) in [5, 5.41) is 7.00. The molecule has 0 aromatic heterocycles. The van der Waals surface area contributed by atoms with Crippen LogP contribution in [0.3, 0.4) is 0 Å². The van der Waals surface area contributed by atoms with Gasteiger partial charge in [-0.15, -0.1) is 0 Å². The molecule has 0 heterocycles. The summed E-state index contributed by atoms with van der Waals surface area (Å²) >= 11 is 0. The van der Waals surface area contributed by atoms with Crippen LogP contribution in [0.5, 0.6) is 0 Å². The molecule has 0 aliphatic heterocycles. The highest BCUT2D eigenvalue weighted by molar-refractivity contribution is 7.48. The molecule has 19 heavy (non-hydrogen) atoms. The SMILES string of the molecule is CCCCOP(=O)(OCCCC)OCCCC.CO. The second-order valence-corrected chi connectivity index (χ2v) is 5.68. The Bertz CT molecular complexity index is 178. The second-order valence-electron chi connectivity index (χ2n) is 4.01. The van der Waals surface area contributed by atoms with E-state index in [2.05, 4.69) is 20.8 Å². The molecular formula is C13H31O5P. The summed E-state index contributed by atoms with van der Waals surface area (Å²) in [6.45, 7) is 7.49. The van der Waals surface area contributed by atoms with Crippen LogP contribution in [0.15, 0.2) is 0 Å². The van der Waals surface area contributed by atoms with Crippen molar-refractivity contribution in [1.82, 2.24) is 0 Å². The first kappa shape index (κ1) is 21.4. The minimum Gasteiger partial charge on any atom is -0.400 e. The predicted octanol–water partition coefficient (Wildman–Crippen LogP) is 4.15. The zero-order valence-electron chi connectivity index (χ0n) is 12.9. The van der Waals surface area contributed by atoms with Gasteiger partial charge in [0.1, 0.15) is 0 Å². The maximum Gasteiger partial charge on any atom is 0.474 e. The largest absolute Gasteiger partial charge is 0.474 e. The van der Waals surface area contributed by atoms with Crippen molar-refractivity contribution >= 4 is 7.82 Å². The highest BCUT2D eigenvalue weighted by Gasteiger charge is 2.25. The molecular weight excluding hydrogens is 267 g/mol. The summed E-state index contributed by atoms with van der Waals surface area (Å²) in [7, 11) is -2.31. The number of hydrogen-bond donors (Lipinski definition) is 1. The van der Waals surface area contributed by atoms with Gasteiger partial charge in [-0.2, -0.15) is 0 Å². The second kappa shape index (κ2) is 16.1. The Labute approximate surface area is 118 Å². The van der Waals surface area contributed by atoms with E-state index in [-0.39, 0.29) is 0 Å². The average molecular weight is 298 g/mol. The Morgan fingerprint density at radius 2 is 1.00 bits per heavy atom. The summed E-state index contributed by atoms with van der Waals surface area (Å²) in [6.07, 6.45) is 5.63. The van der Waals surface area contributed by atoms with Crippen molar-refractivity contribution in [3.05, 3.63) is 0 Å². The van der Waals surface area contributed by atoms with Gasteiger partial charge in [-0.1, -0.05) is 40.0 Å². The fourth-order valence-electron chi connectivity index (χ4n) is 1.07. The Morgan fingerprint density at radius 1 is 0.737 bits per heavy atom. The fourth-order valence-corrected chi connectivity index (χ4v) is 2.36. The van der Waals surface area contributed by atoms with Crippen molar-refractivity contribution in [2.24, 2.45) is 0 Å². The van der Waals surface area contributed by atoms with Crippen LogP contribution < -0.4 is 0 Å². The lowest BCUT2D eigenvalue weighted by molar-refractivity contribution is 0.110. The third-order valence-corrected chi connectivity index (χ3v) is 3.74. The molecule has 0 bridgehead atoms. The molecule has 5 nitrogen and oxygen atoms in total. The normalized spacial score (nSPS) is 11.0. The Kier molecular flexibility index (Phi) is 18.1. The summed E-state index contributed by atoms with van der Waals surface area (Å²) < 4.78 is 28.0. The number of aliphatic hydroxyl groups is 1. The van der Waals surface area contributed by atoms with Gasteiger partial charge in [0.2, 0.25) is 0 Å². The molecule has 0 fully saturated rings.